The summed E-state index contributed by atoms with van der Waals surface area (Å²) in [7, 11) is 1.62. The molecule has 6 nitrogen and oxygen atoms in total. The van der Waals surface area contributed by atoms with E-state index in [4.69, 9.17) is 9.84 Å². The number of aromatic amines is 1. The first-order valence-electron chi connectivity index (χ1n) is 6.88. The summed E-state index contributed by atoms with van der Waals surface area (Å²) in [5.41, 5.74) is 2.40. The van der Waals surface area contributed by atoms with Gasteiger partial charge in [-0.05, 0) is 25.1 Å². The summed E-state index contributed by atoms with van der Waals surface area (Å²) in [6.07, 6.45) is -0.763. The summed E-state index contributed by atoms with van der Waals surface area (Å²) < 4.78 is 5.30. The van der Waals surface area contributed by atoms with Crippen molar-refractivity contribution in [3.05, 3.63) is 23.9 Å². The molecule has 116 valence electrons. The molecule has 0 radical (unpaired) electrons. The van der Waals surface area contributed by atoms with Crippen molar-refractivity contribution in [3.63, 3.8) is 0 Å². The van der Waals surface area contributed by atoms with E-state index < -0.39 is 6.10 Å². The molecule has 0 saturated heterocycles. The summed E-state index contributed by atoms with van der Waals surface area (Å²) in [4.78, 5) is 5.57. The van der Waals surface area contributed by atoms with Crippen LogP contribution in [-0.2, 0) is 0 Å². The van der Waals surface area contributed by atoms with Crippen LogP contribution in [0.3, 0.4) is 0 Å². The van der Waals surface area contributed by atoms with E-state index in [9.17, 15) is 5.11 Å². The van der Waals surface area contributed by atoms with Crippen LogP contribution in [0.2, 0.25) is 0 Å². The van der Waals surface area contributed by atoms with Gasteiger partial charge in [0, 0.05) is 16.0 Å². The molecule has 3 N–H and O–H groups in total. The summed E-state index contributed by atoms with van der Waals surface area (Å²) in [6.45, 7) is 1.66. The molecule has 3 aromatic rings. The molecule has 0 aliphatic rings. The molecule has 7 heteroatoms. The van der Waals surface area contributed by atoms with Crippen LogP contribution < -0.4 is 4.74 Å². The number of nitrogens with one attached hydrogen (secondary N) is 1. The van der Waals surface area contributed by atoms with Crippen molar-refractivity contribution in [3.8, 4) is 5.75 Å². The molecule has 2 aromatic heterocycles. The second-order valence-electron chi connectivity index (χ2n) is 5.00. The Morgan fingerprint density at radius 1 is 1.41 bits per heavy atom. The maximum absolute atomic E-state index is 9.65. The predicted octanol–water partition coefficient (Wildman–Crippen LogP) is 1.87. The molecule has 22 heavy (non-hydrogen) atoms. The number of nitrogens with zero attached hydrogens (tertiary/aromatic N) is 2. The lowest BCUT2D eigenvalue weighted by Gasteiger charge is -2.11. The number of hydrogen-bond acceptors (Lipinski definition) is 6. The lowest BCUT2D eigenvalue weighted by atomic mass is 10.1. The number of ether oxygens (including phenoxy) is 1. The van der Waals surface area contributed by atoms with Gasteiger partial charge in [-0.25, -0.2) is 4.98 Å². The summed E-state index contributed by atoms with van der Waals surface area (Å²) in [6, 6.07) is 5.69. The predicted molar refractivity (Wildman–Crippen MR) is 86.5 cm³/mol. The molecule has 0 amide bonds. The first-order chi connectivity index (χ1) is 10.6. The van der Waals surface area contributed by atoms with Crippen LogP contribution in [-0.4, -0.2) is 51.0 Å². The third-order valence-corrected chi connectivity index (χ3v) is 4.73. The standard InChI is InChI=1S/C15H17N3O3S/c1-8-13-14(22-7-9(20)6-19)11-5-10(21-2)3-4-12(11)16-15(13)18-17-8/h3-5,9,19-20H,6-7H2,1-2H3,(H,16,17,18). The molecule has 0 saturated carbocycles. The Kier molecular flexibility index (Phi) is 4.19. The van der Waals surface area contributed by atoms with E-state index in [1.54, 1.807) is 7.11 Å². The highest BCUT2D eigenvalue weighted by atomic mass is 32.2. The quantitative estimate of drug-likeness (QED) is 0.622. The van der Waals surface area contributed by atoms with Crippen molar-refractivity contribution in [1.82, 2.24) is 15.2 Å². The molecule has 2 heterocycles. The lowest BCUT2D eigenvalue weighted by molar-refractivity contribution is 0.113. The molecule has 3 rings (SSSR count). The number of rotatable bonds is 5. The first-order valence-corrected chi connectivity index (χ1v) is 7.86. The van der Waals surface area contributed by atoms with Crippen molar-refractivity contribution >= 4 is 33.7 Å². The average Bonchev–Trinajstić information content (AvgIpc) is 2.91. The Balaban J connectivity index is 2.21. The molecule has 0 spiro atoms. The summed E-state index contributed by atoms with van der Waals surface area (Å²) >= 11 is 1.48. The van der Waals surface area contributed by atoms with Crippen LogP contribution >= 0.6 is 11.8 Å². The van der Waals surface area contributed by atoms with Crippen molar-refractivity contribution < 1.29 is 14.9 Å². The molecule has 1 unspecified atom stereocenters. The van der Waals surface area contributed by atoms with Gasteiger partial charge in [-0.15, -0.1) is 11.8 Å². The molecule has 0 aliphatic carbocycles. The highest BCUT2D eigenvalue weighted by molar-refractivity contribution is 7.99. The number of methoxy groups -OCH3 is 1. The van der Waals surface area contributed by atoms with Gasteiger partial charge in [0.1, 0.15) is 5.75 Å². The van der Waals surface area contributed by atoms with Gasteiger partial charge in [-0.3, -0.25) is 5.10 Å². The maximum atomic E-state index is 9.65. The molecular formula is C15H17N3O3S. The average molecular weight is 319 g/mol. The zero-order valence-electron chi connectivity index (χ0n) is 12.3. The number of thioether (sulfide) groups is 1. The number of aliphatic hydroxyl groups is 2. The second-order valence-corrected chi connectivity index (χ2v) is 6.03. The highest BCUT2D eigenvalue weighted by Crippen LogP contribution is 2.36. The first kappa shape index (κ1) is 15.1. The van der Waals surface area contributed by atoms with E-state index in [1.807, 2.05) is 25.1 Å². The molecule has 0 bridgehead atoms. The molecule has 1 atom stereocenters. The van der Waals surface area contributed by atoms with E-state index in [2.05, 4.69) is 15.2 Å². The van der Waals surface area contributed by atoms with E-state index in [0.29, 0.717) is 5.75 Å². The third-order valence-electron chi connectivity index (χ3n) is 3.47. The van der Waals surface area contributed by atoms with Crippen LogP contribution in [0.15, 0.2) is 23.1 Å². The van der Waals surface area contributed by atoms with Crippen LogP contribution in [0.5, 0.6) is 5.75 Å². The fraction of sp³-hybridized carbons (Fsp3) is 0.333. The van der Waals surface area contributed by atoms with E-state index in [-0.39, 0.29) is 6.61 Å². The number of hydrogen-bond donors (Lipinski definition) is 3. The SMILES string of the molecule is COc1ccc2nc3[nH]nc(C)c3c(SCC(O)CO)c2c1. The van der Waals surface area contributed by atoms with Crippen molar-refractivity contribution in [2.24, 2.45) is 0 Å². The van der Waals surface area contributed by atoms with E-state index in [0.717, 1.165) is 38.3 Å². The number of pyridine rings is 1. The van der Waals surface area contributed by atoms with Gasteiger partial charge >= 0.3 is 0 Å². The largest absolute Gasteiger partial charge is 0.497 e. The molecule has 0 fully saturated rings. The van der Waals surface area contributed by atoms with Gasteiger partial charge in [0.25, 0.3) is 0 Å². The monoisotopic (exact) mass is 319 g/mol. The smallest absolute Gasteiger partial charge is 0.157 e. The third kappa shape index (κ3) is 2.63. The second kappa shape index (κ2) is 6.12. The summed E-state index contributed by atoms with van der Waals surface area (Å²) in [5, 5.41) is 27.7. The normalized spacial score (nSPS) is 12.9. The number of fused-ring (bicyclic) bond motifs is 2. The lowest BCUT2D eigenvalue weighted by Crippen LogP contribution is -2.14. The number of aromatic nitrogens is 3. The Bertz CT molecular complexity index is 818. The minimum Gasteiger partial charge on any atom is -0.497 e. The fourth-order valence-corrected chi connectivity index (χ4v) is 3.50. The zero-order valence-corrected chi connectivity index (χ0v) is 13.1. The van der Waals surface area contributed by atoms with Gasteiger partial charge in [-0.2, -0.15) is 5.10 Å². The van der Waals surface area contributed by atoms with Gasteiger partial charge in [-0.1, -0.05) is 0 Å². The Morgan fingerprint density at radius 3 is 2.95 bits per heavy atom. The maximum Gasteiger partial charge on any atom is 0.157 e. The van der Waals surface area contributed by atoms with Crippen LogP contribution in [0, 0.1) is 6.92 Å². The van der Waals surface area contributed by atoms with E-state index >= 15 is 0 Å². The summed E-state index contributed by atoms with van der Waals surface area (Å²) in [5.74, 6) is 1.14. The molecule has 0 aliphatic heterocycles. The molecular weight excluding hydrogens is 302 g/mol. The van der Waals surface area contributed by atoms with Crippen molar-refractivity contribution in [2.45, 2.75) is 17.9 Å². The van der Waals surface area contributed by atoms with Crippen LogP contribution in [0.4, 0.5) is 0 Å². The van der Waals surface area contributed by atoms with E-state index in [1.165, 1.54) is 11.8 Å². The zero-order chi connectivity index (χ0) is 15.7. The van der Waals surface area contributed by atoms with Gasteiger partial charge in [0.2, 0.25) is 0 Å². The molecule has 1 aromatic carbocycles. The topological polar surface area (TPSA) is 91.3 Å². The number of aliphatic hydroxyl groups excluding tert-OH is 2. The van der Waals surface area contributed by atoms with Crippen LogP contribution in [0.25, 0.3) is 21.9 Å². The van der Waals surface area contributed by atoms with Crippen LogP contribution in [0.1, 0.15) is 5.69 Å². The minimum absolute atomic E-state index is 0.257. The number of H-pyrrole nitrogens is 1. The van der Waals surface area contributed by atoms with Crippen molar-refractivity contribution in [2.75, 3.05) is 19.5 Å². The number of benzene rings is 1. The Labute approximate surface area is 131 Å². The van der Waals surface area contributed by atoms with Gasteiger partial charge in [0.05, 0.1) is 36.4 Å². The van der Waals surface area contributed by atoms with Gasteiger partial charge < -0.3 is 14.9 Å². The van der Waals surface area contributed by atoms with Gasteiger partial charge in [0.15, 0.2) is 5.65 Å². The Morgan fingerprint density at radius 2 is 2.23 bits per heavy atom. The fourth-order valence-electron chi connectivity index (χ4n) is 2.33. The highest BCUT2D eigenvalue weighted by Gasteiger charge is 2.16. The number of aryl methyl sites for hydroxylation is 1. The van der Waals surface area contributed by atoms with Crippen molar-refractivity contribution in [1.29, 1.82) is 0 Å². The Hall–Kier alpha value is -1.83. The minimum atomic E-state index is -0.763.